The van der Waals surface area contributed by atoms with Gasteiger partial charge < -0.3 is 24.5 Å². The van der Waals surface area contributed by atoms with E-state index in [-0.39, 0.29) is 35.4 Å². The van der Waals surface area contributed by atoms with Crippen molar-refractivity contribution in [2.45, 2.75) is 44.3 Å². The molecule has 1 aliphatic rings. The monoisotopic (exact) mass is 503 g/mol. The highest BCUT2D eigenvalue weighted by molar-refractivity contribution is 8.77. The molecule has 1 fully saturated rings. The van der Waals surface area contributed by atoms with Crippen LogP contribution < -0.4 is 5.32 Å². The van der Waals surface area contributed by atoms with Crippen molar-refractivity contribution in [3.05, 3.63) is 48.5 Å². The molecule has 3 heterocycles. The van der Waals surface area contributed by atoms with E-state index in [1.165, 1.54) is 6.33 Å². The van der Waals surface area contributed by atoms with Gasteiger partial charge in [-0.1, -0.05) is 60.6 Å². The molecule has 3 atom stereocenters. The predicted octanol–water partition coefficient (Wildman–Crippen LogP) is 3.61. The Labute approximate surface area is 206 Å². The number of hydrogen-bond donors (Lipinski definition) is 2. The normalized spacial score (nSPS) is 20.6. The number of carbonyl (C=O) groups excluding carboxylic acids is 1. The van der Waals surface area contributed by atoms with Gasteiger partial charge >= 0.3 is 0 Å². The average molecular weight is 504 g/mol. The second-order valence-corrected chi connectivity index (χ2v) is 12.1. The number of aromatic nitrogens is 4. The lowest BCUT2D eigenvalue weighted by Gasteiger charge is -2.23. The van der Waals surface area contributed by atoms with Gasteiger partial charge in [0.25, 0.3) is 5.91 Å². The molecule has 1 amide bonds. The maximum absolute atomic E-state index is 12.6. The molecule has 3 aromatic rings. The molecule has 11 heteroatoms. The quantitative estimate of drug-likeness (QED) is 0.257. The maximum Gasteiger partial charge on any atom is 0.256 e. The van der Waals surface area contributed by atoms with Gasteiger partial charge in [-0.2, -0.15) is 0 Å². The van der Waals surface area contributed by atoms with Crippen molar-refractivity contribution in [2.75, 3.05) is 24.5 Å². The first-order chi connectivity index (χ1) is 16.4. The predicted molar refractivity (Wildman–Crippen MR) is 135 cm³/mol. The molecule has 34 heavy (non-hydrogen) atoms. The van der Waals surface area contributed by atoms with Crippen molar-refractivity contribution in [1.82, 2.24) is 19.5 Å². The fraction of sp³-hybridized carbons (Fsp3) is 0.478. The summed E-state index contributed by atoms with van der Waals surface area (Å²) >= 11 is 0. The summed E-state index contributed by atoms with van der Waals surface area (Å²) in [5.41, 5.74) is 1.66. The second kappa shape index (κ2) is 11.0. The molecule has 0 radical (unpaired) electrons. The van der Waals surface area contributed by atoms with Crippen LogP contribution in [0.5, 0.6) is 0 Å². The molecule has 4 rings (SSSR count). The number of hydrogen-bond acceptors (Lipinski definition) is 9. The van der Waals surface area contributed by atoms with Crippen LogP contribution in [-0.2, 0) is 16.0 Å². The zero-order valence-corrected chi connectivity index (χ0v) is 21.0. The van der Waals surface area contributed by atoms with E-state index in [0.717, 1.165) is 0 Å². The molecule has 0 saturated carbocycles. The third-order valence-electron chi connectivity index (χ3n) is 5.25. The van der Waals surface area contributed by atoms with Crippen molar-refractivity contribution < 1.29 is 19.4 Å². The molecule has 2 aromatic heterocycles. The van der Waals surface area contributed by atoms with Crippen LogP contribution in [0.25, 0.3) is 11.2 Å². The Morgan fingerprint density at radius 2 is 2.06 bits per heavy atom. The molecular weight excluding hydrogens is 474 g/mol. The Bertz CT molecular complexity index is 1110. The van der Waals surface area contributed by atoms with Crippen LogP contribution in [0.4, 0.5) is 5.82 Å². The van der Waals surface area contributed by atoms with Crippen LogP contribution in [0.2, 0.25) is 0 Å². The van der Waals surface area contributed by atoms with Gasteiger partial charge in [0.15, 0.2) is 17.0 Å². The number of fused-ring (bicyclic) bond motifs is 1. The Morgan fingerprint density at radius 3 is 2.79 bits per heavy atom. The molecule has 0 bridgehead atoms. The lowest BCUT2D eigenvalue weighted by molar-refractivity contribution is -0.0248. The molecular formula is C23H29N5O4S2. The van der Waals surface area contributed by atoms with Gasteiger partial charge in [-0.3, -0.25) is 4.79 Å². The number of benzene rings is 1. The number of aliphatic hydroxyl groups excluding tert-OH is 1. The number of imidazole rings is 1. The Morgan fingerprint density at radius 1 is 1.26 bits per heavy atom. The van der Waals surface area contributed by atoms with E-state index in [2.05, 4.69) is 41.0 Å². The largest absolute Gasteiger partial charge is 0.394 e. The molecule has 0 aliphatic carbocycles. The van der Waals surface area contributed by atoms with E-state index >= 15 is 0 Å². The minimum atomic E-state index is -0.365. The smallest absolute Gasteiger partial charge is 0.256 e. The van der Waals surface area contributed by atoms with Crippen molar-refractivity contribution in [3.63, 3.8) is 0 Å². The Balaban J connectivity index is 1.46. The number of amides is 1. The number of carbonyl (C=O) groups is 1. The zero-order valence-electron chi connectivity index (χ0n) is 19.4. The Kier molecular flexibility index (Phi) is 8.10. The zero-order chi connectivity index (χ0) is 24.1. The third-order valence-corrected chi connectivity index (χ3v) is 8.25. The first kappa shape index (κ1) is 24.9. The molecule has 1 saturated heterocycles. The highest BCUT2D eigenvalue weighted by Crippen LogP contribution is 2.36. The minimum Gasteiger partial charge on any atom is -0.394 e. The second-order valence-electron chi connectivity index (χ2n) is 8.99. The fourth-order valence-corrected chi connectivity index (χ4v) is 5.72. The molecule has 2 unspecified atom stereocenters. The maximum atomic E-state index is 12.6. The molecule has 1 aromatic carbocycles. The third kappa shape index (κ3) is 6.08. The minimum absolute atomic E-state index is 0.0205. The highest BCUT2D eigenvalue weighted by Gasteiger charge is 2.38. The number of rotatable bonds is 9. The summed E-state index contributed by atoms with van der Waals surface area (Å²) in [6, 6.07) is 8.95. The lowest BCUT2D eigenvalue weighted by Crippen LogP contribution is -2.34. The van der Waals surface area contributed by atoms with Gasteiger partial charge in [-0.05, 0) is 12.1 Å². The summed E-state index contributed by atoms with van der Waals surface area (Å²) in [6.45, 7) is 7.40. The summed E-state index contributed by atoms with van der Waals surface area (Å²) < 4.78 is 14.0. The molecule has 2 N–H and O–H groups in total. The first-order valence-corrected chi connectivity index (χ1v) is 13.3. The Hall–Kier alpha value is -2.18. The number of anilines is 1. The van der Waals surface area contributed by atoms with Gasteiger partial charge in [0.2, 0.25) is 0 Å². The van der Waals surface area contributed by atoms with E-state index in [9.17, 15) is 9.90 Å². The number of ether oxygens (including phenoxy) is 2. The van der Waals surface area contributed by atoms with E-state index in [1.54, 1.807) is 52.2 Å². The molecule has 9 nitrogen and oxygen atoms in total. The van der Waals surface area contributed by atoms with Crippen LogP contribution in [0, 0.1) is 5.92 Å². The SMILES string of the molecule is CC(C)(C)SSCOC1C(Cn2cnc3c(NC(=O)c4ccccc4)ncnc32)CO[C@@H]1CO. The van der Waals surface area contributed by atoms with E-state index < -0.39 is 0 Å². The summed E-state index contributed by atoms with van der Waals surface area (Å²) in [6.07, 6.45) is 2.49. The highest BCUT2D eigenvalue weighted by atomic mass is 33.1. The fourth-order valence-electron chi connectivity index (χ4n) is 3.73. The van der Waals surface area contributed by atoms with Crippen LogP contribution in [0.3, 0.4) is 0 Å². The summed E-state index contributed by atoms with van der Waals surface area (Å²) in [4.78, 5) is 25.6. The van der Waals surface area contributed by atoms with Crippen molar-refractivity contribution in [1.29, 1.82) is 0 Å². The summed E-state index contributed by atoms with van der Waals surface area (Å²) in [7, 11) is 3.42. The molecule has 0 spiro atoms. The number of aliphatic hydroxyl groups is 1. The first-order valence-electron chi connectivity index (χ1n) is 11.0. The molecule has 1 aliphatic heterocycles. The van der Waals surface area contributed by atoms with E-state index in [4.69, 9.17) is 9.47 Å². The van der Waals surface area contributed by atoms with Crippen LogP contribution in [-0.4, -0.2) is 66.6 Å². The van der Waals surface area contributed by atoms with Gasteiger partial charge in [-0.15, -0.1) is 0 Å². The van der Waals surface area contributed by atoms with E-state index in [0.29, 0.717) is 41.6 Å². The van der Waals surface area contributed by atoms with E-state index in [1.807, 2.05) is 10.6 Å². The van der Waals surface area contributed by atoms with Gasteiger partial charge in [-0.25, -0.2) is 15.0 Å². The molecule has 182 valence electrons. The topological polar surface area (TPSA) is 111 Å². The van der Waals surface area contributed by atoms with Crippen LogP contribution in [0.15, 0.2) is 43.0 Å². The van der Waals surface area contributed by atoms with Crippen LogP contribution >= 0.6 is 21.6 Å². The lowest BCUT2D eigenvalue weighted by atomic mass is 10.0. The van der Waals surface area contributed by atoms with Gasteiger partial charge in [0, 0.05) is 22.8 Å². The van der Waals surface area contributed by atoms with Gasteiger partial charge in [0.05, 0.1) is 25.6 Å². The van der Waals surface area contributed by atoms with Crippen molar-refractivity contribution in [2.24, 2.45) is 5.92 Å². The number of nitrogens with one attached hydrogen (secondary N) is 1. The summed E-state index contributed by atoms with van der Waals surface area (Å²) in [5.74, 6) is 0.624. The average Bonchev–Trinajstić information content (AvgIpc) is 3.41. The standard InChI is InChI=1S/C23H29N5O4S2/c1-23(2,3)34-33-14-32-19-16(11-31-17(19)10-29)9-28-13-26-18-20(24-12-25-21(18)28)27-22(30)15-7-5-4-6-8-15/h4-8,12-13,16-17,19,29H,9-11,14H2,1-3H3,(H,24,25,27,30)/t16?,17-,19?/m1/s1. The summed E-state index contributed by atoms with van der Waals surface area (Å²) in [5, 5.41) is 12.6. The van der Waals surface area contributed by atoms with Crippen LogP contribution in [0.1, 0.15) is 31.1 Å². The number of nitrogens with zero attached hydrogens (tertiary/aromatic N) is 4. The van der Waals surface area contributed by atoms with Crippen molar-refractivity contribution in [3.8, 4) is 0 Å². The van der Waals surface area contributed by atoms with Crippen molar-refractivity contribution >= 4 is 44.5 Å². The van der Waals surface area contributed by atoms with Gasteiger partial charge in [0.1, 0.15) is 18.4 Å².